The van der Waals surface area contributed by atoms with Crippen LogP contribution in [0.2, 0.25) is 0 Å². The molecular formula is C21H24N2O5. The van der Waals surface area contributed by atoms with Gasteiger partial charge in [-0.25, -0.2) is 4.79 Å². The van der Waals surface area contributed by atoms with Gasteiger partial charge in [-0.1, -0.05) is 25.1 Å². The Labute approximate surface area is 163 Å². The van der Waals surface area contributed by atoms with Gasteiger partial charge in [0.25, 0.3) is 11.8 Å². The Morgan fingerprint density at radius 2 is 1.71 bits per heavy atom. The van der Waals surface area contributed by atoms with Crippen LogP contribution in [0.5, 0.6) is 5.75 Å². The Bertz CT molecular complexity index is 850. The highest BCUT2D eigenvalue weighted by atomic mass is 16.5. The topological polar surface area (TPSA) is 105 Å². The van der Waals surface area contributed by atoms with E-state index in [2.05, 4.69) is 10.6 Å². The Kier molecular flexibility index (Phi) is 7.56. The molecule has 0 bridgehead atoms. The maximum absolute atomic E-state index is 12.3. The second-order valence-electron chi connectivity index (χ2n) is 6.38. The van der Waals surface area contributed by atoms with Gasteiger partial charge in [0, 0.05) is 23.7 Å². The van der Waals surface area contributed by atoms with Gasteiger partial charge in [-0.15, -0.1) is 0 Å². The Morgan fingerprint density at radius 3 is 2.39 bits per heavy atom. The normalized spacial score (nSPS) is 11.4. The van der Waals surface area contributed by atoms with Crippen LogP contribution in [0.1, 0.15) is 46.5 Å². The van der Waals surface area contributed by atoms with Gasteiger partial charge in [0.2, 0.25) is 0 Å². The predicted molar refractivity (Wildman–Crippen MR) is 104 cm³/mol. The molecule has 0 radical (unpaired) electrons. The van der Waals surface area contributed by atoms with Gasteiger partial charge in [-0.3, -0.25) is 9.59 Å². The van der Waals surface area contributed by atoms with Crippen LogP contribution in [-0.4, -0.2) is 35.5 Å². The molecule has 7 nitrogen and oxygen atoms in total. The van der Waals surface area contributed by atoms with Crippen LogP contribution in [0.3, 0.4) is 0 Å². The first kappa shape index (κ1) is 21.0. The lowest BCUT2D eigenvalue weighted by Gasteiger charge is -2.12. The molecule has 1 atom stereocenters. The van der Waals surface area contributed by atoms with Crippen molar-refractivity contribution >= 4 is 17.8 Å². The first-order valence-corrected chi connectivity index (χ1v) is 9.01. The summed E-state index contributed by atoms with van der Waals surface area (Å²) in [4.78, 5) is 35.1. The zero-order valence-electron chi connectivity index (χ0n) is 15.9. The van der Waals surface area contributed by atoms with Gasteiger partial charge in [-0.2, -0.15) is 0 Å². The number of amides is 2. The van der Waals surface area contributed by atoms with Crippen LogP contribution >= 0.6 is 0 Å². The van der Waals surface area contributed by atoms with Crippen LogP contribution in [0.25, 0.3) is 0 Å². The van der Waals surface area contributed by atoms with Crippen LogP contribution in [0.4, 0.5) is 0 Å². The van der Waals surface area contributed by atoms with E-state index in [1.807, 2.05) is 19.9 Å². The van der Waals surface area contributed by atoms with Gasteiger partial charge in [-0.05, 0) is 49.2 Å². The van der Waals surface area contributed by atoms with Crippen molar-refractivity contribution in [1.29, 1.82) is 0 Å². The Morgan fingerprint density at radius 1 is 1.04 bits per heavy atom. The molecule has 0 saturated carbocycles. The van der Waals surface area contributed by atoms with E-state index in [0.29, 0.717) is 16.9 Å². The fraction of sp³-hybridized carbons (Fsp3) is 0.286. The number of aliphatic carboxylic acids is 1. The molecule has 0 aliphatic heterocycles. The van der Waals surface area contributed by atoms with E-state index < -0.39 is 12.6 Å². The van der Waals surface area contributed by atoms with Crippen molar-refractivity contribution in [2.75, 3.05) is 6.61 Å². The molecule has 0 heterocycles. The number of hydrogen-bond acceptors (Lipinski definition) is 4. The smallest absolute Gasteiger partial charge is 0.341 e. The fourth-order valence-electron chi connectivity index (χ4n) is 2.39. The van der Waals surface area contributed by atoms with E-state index in [9.17, 15) is 14.4 Å². The van der Waals surface area contributed by atoms with E-state index in [1.165, 1.54) is 6.07 Å². The third-order valence-corrected chi connectivity index (χ3v) is 4.09. The molecule has 0 aromatic heterocycles. The molecule has 28 heavy (non-hydrogen) atoms. The number of nitrogens with one attached hydrogen (secondary N) is 2. The van der Waals surface area contributed by atoms with Crippen LogP contribution in [0.15, 0.2) is 48.5 Å². The minimum absolute atomic E-state index is 0.0893. The summed E-state index contributed by atoms with van der Waals surface area (Å²) in [5.74, 6) is -1.26. The largest absolute Gasteiger partial charge is 0.482 e. The van der Waals surface area contributed by atoms with E-state index >= 15 is 0 Å². The Balaban J connectivity index is 1.97. The molecule has 0 fully saturated rings. The average Bonchev–Trinajstić information content (AvgIpc) is 2.70. The third kappa shape index (κ3) is 6.42. The number of carbonyl (C=O) groups is 3. The summed E-state index contributed by atoms with van der Waals surface area (Å²) in [7, 11) is 0. The zero-order valence-corrected chi connectivity index (χ0v) is 15.9. The minimum atomic E-state index is -1.09. The summed E-state index contributed by atoms with van der Waals surface area (Å²) in [6, 6.07) is 13.4. The first-order chi connectivity index (χ1) is 13.4. The molecule has 2 aromatic rings. The van der Waals surface area contributed by atoms with E-state index in [-0.39, 0.29) is 24.4 Å². The summed E-state index contributed by atoms with van der Waals surface area (Å²) >= 11 is 0. The van der Waals surface area contributed by atoms with Crippen molar-refractivity contribution in [1.82, 2.24) is 10.6 Å². The standard InChI is InChI=1S/C21H24N2O5/c1-3-14(2)23-21(27)16-7-4-6-15(10-16)12-22-20(26)17-8-5-9-18(11-17)28-13-19(24)25/h4-11,14H,3,12-13H2,1-2H3,(H,22,26)(H,23,27)(H,24,25). The van der Waals surface area contributed by atoms with Crippen molar-refractivity contribution < 1.29 is 24.2 Å². The van der Waals surface area contributed by atoms with Crippen molar-refractivity contribution in [2.24, 2.45) is 0 Å². The second-order valence-corrected chi connectivity index (χ2v) is 6.38. The summed E-state index contributed by atoms with van der Waals surface area (Å²) in [5.41, 5.74) is 1.69. The predicted octanol–water partition coefficient (Wildman–Crippen LogP) is 2.61. The number of carbonyl (C=O) groups excluding carboxylic acids is 2. The van der Waals surface area contributed by atoms with Crippen molar-refractivity contribution in [3.63, 3.8) is 0 Å². The highest BCUT2D eigenvalue weighted by Crippen LogP contribution is 2.14. The molecule has 2 aromatic carbocycles. The molecule has 1 unspecified atom stereocenters. The number of carboxylic acid groups (broad SMARTS) is 1. The average molecular weight is 384 g/mol. The van der Waals surface area contributed by atoms with Crippen LogP contribution < -0.4 is 15.4 Å². The minimum Gasteiger partial charge on any atom is -0.482 e. The fourth-order valence-corrected chi connectivity index (χ4v) is 2.39. The van der Waals surface area contributed by atoms with Crippen LogP contribution in [0, 0.1) is 0 Å². The number of ether oxygens (including phenoxy) is 1. The lowest BCUT2D eigenvalue weighted by molar-refractivity contribution is -0.139. The molecule has 3 N–H and O–H groups in total. The van der Waals surface area contributed by atoms with Crippen LogP contribution in [-0.2, 0) is 11.3 Å². The summed E-state index contributed by atoms with van der Waals surface area (Å²) in [6.07, 6.45) is 0.844. The van der Waals surface area contributed by atoms with Gasteiger partial charge >= 0.3 is 5.97 Å². The number of hydrogen-bond donors (Lipinski definition) is 3. The van der Waals surface area contributed by atoms with Crippen molar-refractivity contribution in [3.05, 3.63) is 65.2 Å². The quantitative estimate of drug-likeness (QED) is 0.616. The maximum atomic E-state index is 12.3. The monoisotopic (exact) mass is 384 g/mol. The number of rotatable bonds is 9. The number of benzene rings is 2. The molecule has 0 spiro atoms. The maximum Gasteiger partial charge on any atom is 0.341 e. The van der Waals surface area contributed by atoms with E-state index in [4.69, 9.17) is 9.84 Å². The molecule has 2 amide bonds. The first-order valence-electron chi connectivity index (χ1n) is 9.01. The molecule has 0 aliphatic carbocycles. The summed E-state index contributed by atoms with van der Waals surface area (Å²) < 4.78 is 5.08. The number of carboxylic acids is 1. The van der Waals surface area contributed by atoms with Gasteiger partial charge in [0.1, 0.15) is 5.75 Å². The highest BCUT2D eigenvalue weighted by molar-refractivity contribution is 5.95. The summed E-state index contributed by atoms with van der Waals surface area (Å²) in [5, 5.41) is 14.3. The van der Waals surface area contributed by atoms with Gasteiger partial charge in [0.05, 0.1) is 0 Å². The summed E-state index contributed by atoms with van der Waals surface area (Å²) in [6.45, 7) is 3.72. The van der Waals surface area contributed by atoms with Gasteiger partial charge in [0.15, 0.2) is 6.61 Å². The second kappa shape index (κ2) is 10.1. The van der Waals surface area contributed by atoms with Crippen molar-refractivity contribution in [2.45, 2.75) is 32.9 Å². The zero-order chi connectivity index (χ0) is 20.5. The van der Waals surface area contributed by atoms with Crippen molar-refractivity contribution in [3.8, 4) is 5.75 Å². The molecule has 148 valence electrons. The highest BCUT2D eigenvalue weighted by Gasteiger charge is 2.11. The van der Waals surface area contributed by atoms with Gasteiger partial charge < -0.3 is 20.5 Å². The molecular weight excluding hydrogens is 360 g/mol. The molecule has 0 aliphatic rings. The lowest BCUT2D eigenvalue weighted by Crippen LogP contribution is -2.32. The SMILES string of the molecule is CCC(C)NC(=O)c1cccc(CNC(=O)c2cccc(OCC(=O)O)c2)c1. The molecule has 7 heteroatoms. The van der Waals surface area contributed by atoms with E-state index in [0.717, 1.165) is 12.0 Å². The Hall–Kier alpha value is -3.35. The molecule has 0 saturated heterocycles. The third-order valence-electron chi connectivity index (χ3n) is 4.09. The van der Waals surface area contributed by atoms with E-state index in [1.54, 1.807) is 36.4 Å². The molecule has 2 rings (SSSR count). The lowest BCUT2D eigenvalue weighted by atomic mass is 10.1.